The molecule has 7 heteroatoms. The molecule has 0 saturated heterocycles. The van der Waals surface area contributed by atoms with Crippen molar-refractivity contribution in [2.45, 2.75) is 33.2 Å². The number of ketones is 1. The summed E-state index contributed by atoms with van der Waals surface area (Å²) in [6, 6.07) is 5.44. The summed E-state index contributed by atoms with van der Waals surface area (Å²) in [6.07, 6.45) is 9.24. The summed E-state index contributed by atoms with van der Waals surface area (Å²) in [4.78, 5) is 29.2. The molecule has 0 saturated carbocycles. The highest BCUT2D eigenvalue weighted by molar-refractivity contribution is 7.12. The molecule has 4 aromatic rings. The molecule has 0 bridgehead atoms. The van der Waals surface area contributed by atoms with Crippen molar-refractivity contribution in [1.29, 1.82) is 0 Å². The van der Waals surface area contributed by atoms with Crippen molar-refractivity contribution in [3.8, 4) is 22.3 Å². The number of carbonyl (C=O) groups excluding carboxylic acids is 1. The molecule has 0 fully saturated rings. The van der Waals surface area contributed by atoms with Gasteiger partial charge in [0, 0.05) is 42.3 Å². The van der Waals surface area contributed by atoms with Gasteiger partial charge < -0.3 is 4.57 Å². The lowest BCUT2D eigenvalue weighted by Crippen LogP contribution is -2.18. The number of hydrogen-bond donors (Lipinski definition) is 0. The molecule has 4 heterocycles. The quantitative estimate of drug-likeness (QED) is 0.459. The Morgan fingerprint density at radius 2 is 2.04 bits per heavy atom. The lowest BCUT2D eigenvalue weighted by molar-refractivity contribution is 0.102. The normalized spacial score (nSPS) is 11.2. The minimum Gasteiger partial charge on any atom is -0.316 e. The molecule has 0 radical (unpaired) electrons. The molecule has 142 valence electrons. The van der Waals surface area contributed by atoms with E-state index in [1.165, 1.54) is 11.3 Å². The van der Waals surface area contributed by atoms with E-state index in [0.29, 0.717) is 5.65 Å². The Morgan fingerprint density at radius 1 is 1.18 bits per heavy atom. The van der Waals surface area contributed by atoms with Gasteiger partial charge in [-0.1, -0.05) is 13.3 Å². The number of pyridine rings is 1. The molecule has 0 aliphatic heterocycles. The summed E-state index contributed by atoms with van der Waals surface area (Å²) in [7, 11) is 0. The van der Waals surface area contributed by atoms with Gasteiger partial charge in [0.1, 0.15) is 0 Å². The summed E-state index contributed by atoms with van der Waals surface area (Å²) < 4.78 is 3.44. The van der Waals surface area contributed by atoms with Gasteiger partial charge in [-0.2, -0.15) is 5.10 Å². The Balaban J connectivity index is 1.68. The molecule has 4 aromatic heterocycles. The van der Waals surface area contributed by atoms with Crippen molar-refractivity contribution < 1.29 is 4.79 Å². The maximum atomic E-state index is 12.3. The first-order valence-electron chi connectivity index (χ1n) is 9.21. The number of aryl methyl sites for hydroxylation is 1. The molecule has 0 aromatic carbocycles. The smallest absolute Gasteiger partial charge is 0.251 e. The minimum absolute atomic E-state index is 0.0118. The van der Waals surface area contributed by atoms with E-state index in [-0.39, 0.29) is 11.3 Å². The predicted molar refractivity (Wildman–Crippen MR) is 111 cm³/mol. The van der Waals surface area contributed by atoms with Crippen LogP contribution in [0.3, 0.4) is 0 Å². The van der Waals surface area contributed by atoms with Gasteiger partial charge in [-0.05, 0) is 42.0 Å². The third kappa shape index (κ3) is 3.41. The number of unbranched alkanes of at least 4 members (excludes halogenated alkanes) is 1. The van der Waals surface area contributed by atoms with E-state index >= 15 is 0 Å². The average molecular weight is 392 g/mol. The van der Waals surface area contributed by atoms with Crippen LogP contribution in [0, 0.1) is 0 Å². The van der Waals surface area contributed by atoms with Gasteiger partial charge in [-0.15, -0.1) is 11.3 Å². The van der Waals surface area contributed by atoms with Crippen LogP contribution in [-0.4, -0.2) is 24.9 Å². The first kappa shape index (κ1) is 18.3. The van der Waals surface area contributed by atoms with Crippen molar-refractivity contribution in [2.75, 3.05) is 0 Å². The predicted octanol–water partition coefficient (Wildman–Crippen LogP) is 4.29. The highest BCUT2D eigenvalue weighted by Crippen LogP contribution is 2.29. The fourth-order valence-electron chi connectivity index (χ4n) is 3.09. The van der Waals surface area contributed by atoms with Gasteiger partial charge in [0.05, 0.1) is 11.1 Å². The van der Waals surface area contributed by atoms with Gasteiger partial charge in [-0.25, -0.2) is 9.50 Å². The first-order chi connectivity index (χ1) is 13.6. The average Bonchev–Trinajstić information content (AvgIpc) is 3.33. The van der Waals surface area contributed by atoms with Crippen LogP contribution in [-0.2, 0) is 6.54 Å². The van der Waals surface area contributed by atoms with Crippen molar-refractivity contribution >= 4 is 22.8 Å². The van der Waals surface area contributed by atoms with E-state index in [4.69, 9.17) is 0 Å². The van der Waals surface area contributed by atoms with Crippen LogP contribution in [0.15, 0.2) is 53.2 Å². The van der Waals surface area contributed by atoms with E-state index in [1.54, 1.807) is 34.5 Å². The number of aromatic nitrogens is 4. The second-order valence-electron chi connectivity index (χ2n) is 6.73. The Morgan fingerprint density at radius 3 is 2.75 bits per heavy atom. The summed E-state index contributed by atoms with van der Waals surface area (Å²) in [5.41, 5.74) is 4.17. The topological polar surface area (TPSA) is 69.3 Å². The number of nitrogens with zero attached hydrogens (tertiary/aromatic N) is 4. The monoisotopic (exact) mass is 392 g/mol. The number of thiophene rings is 1. The van der Waals surface area contributed by atoms with E-state index in [2.05, 4.69) is 17.0 Å². The third-order valence-corrected chi connectivity index (χ3v) is 5.73. The summed E-state index contributed by atoms with van der Waals surface area (Å²) in [5, 5.41) is 6.35. The lowest BCUT2D eigenvalue weighted by atomic mass is 10.1. The highest BCUT2D eigenvalue weighted by Gasteiger charge is 2.13. The molecule has 0 unspecified atom stereocenters. The maximum Gasteiger partial charge on any atom is 0.251 e. The molecular formula is C21H20N4O2S. The summed E-state index contributed by atoms with van der Waals surface area (Å²) in [6.45, 7) is 4.40. The number of fused-ring (bicyclic) bond motifs is 1. The van der Waals surface area contributed by atoms with Crippen LogP contribution in [0.25, 0.3) is 27.9 Å². The highest BCUT2D eigenvalue weighted by atomic mass is 32.1. The molecule has 0 amide bonds. The zero-order chi connectivity index (χ0) is 19.7. The molecule has 6 nitrogen and oxygen atoms in total. The van der Waals surface area contributed by atoms with Crippen LogP contribution < -0.4 is 5.56 Å². The lowest BCUT2D eigenvalue weighted by Gasteiger charge is -2.07. The first-order valence-corrected chi connectivity index (χ1v) is 10.1. The Labute approximate surface area is 166 Å². The zero-order valence-corrected chi connectivity index (χ0v) is 16.6. The second kappa shape index (κ2) is 7.52. The Bertz CT molecular complexity index is 1220. The fraction of sp³-hybridized carbons (Fsp3) is 0.238. The number of rotatable bonds is 6. The van der Waals surface area contributed by atoms with Crippen LogP contribution in [0.4, 0.5) is 0 Å². The molecule has 0 aliphatic carbocycles. The zero-order valence-electron chi connectivity index (χ0n) is 15.8. The molecule has 0 N–H and O–H groups in total. The summed E-state index contributed by atoms with van der Waals surface area (Å²) >= 11 is 1.42. The second-order valence-corrected chi connectivity index (χ2v) is 7.64. The molecule has 4 rings (SSSR count). The Kier molecular flexibility index (Phi) is 4.92. The van der Waals surface area contributed by atoms with Crippen molar-refractivity contribution in [2.24, 2.45) is 0 Å². The van der Waals surface area contributed by atoms with Crippen LogP contribution in [0.5, 0.6) is 0 Å². The molecule has 0 aliphatic rings. The van der Waals surface area contributed by atoms with Gasteiger partial charge in [-0.3, -0.25) is 9.59 Å². The summed E-state index contributed by atoms with van der Waals surface area (Å²) in [5.74, 6) is 0.0524. The molecule has 0 spiro atoms. The minimum atomic E-state index is -0.0118. The number of carbonyl (C=O) groups is 1. The largest absolute Gasteiger partial charge is 0.316 e. The molecule has 0 atom stereocenters. The van der Waals surface area contributed by atoms with Gasteiger partial charge in [0.15, 0.2) is 11.4 Å². The van der Waals surface area contributed by atoms with Crippen LogP contribution >= 0.6 is 11.3 Å². The van der Waals surface area contributed by atoms with Gasteiger partial charge in [0.25, 0.3) is 5.56 Å². The standard InChI is InChI=1S/C21H20N4O2S/c1-3-4-6-24-7-5-15(9-20(24)27)17-10-22-21-18(11-23-25(21)12-17)16-8-19(14(2)26)28-13-16/h5,7-13H,3-4,6H2,1-2H3. The van der Waals surface area contributed by atoms with Crippen molar-refractivity contribution in [3.63, 3.8) is 0 Å². The van der Waals surface area contributed by atoms with Gasteiger partial charge >= 0.3 is 0 Å². The Hall–Kier alpha value is -3.06. The van der Waals surface area contributed by atoms with Crippen LogP contribution in [0.1, 0.15) is 36.4 Å². The van der Waals surface area contributed by atoms with E-state index < -0.39 is 0 Å². The van der Waals surface area contributed by atoms with E-state index in [1.807, 2.05) is 29.9 Å². The van der Waals surface area contributed by atoms with E-state index in [0.717, 1.165) is 46.5 Å². The SMILES string of the molecule is CCCCn1ccc(-c2cnc3c(-c4csc(C(C)=O)c4)cnn3c2)cc1=O. The number of Topliss-reactive ketones (excluding diaryl/α,β-unsaturated/α-hetero) is 1. The van der Waals surface area contributed by atoms with Crippen molar-refractivity contribution in [3.05, 3.63) is 63.6 Å². The van der Waals surface area contributed by atoms with Gasteiger partial charge in [0.2, 0.25) is 0 Å². The van der Waals surface area contributed by atoms with E-state index in [9.17, 15) is 9.59 Å². The third-order valence-electron chi connectivity index (χ3n) is 4.70. The molecule has 28 heavy (non-hydrogen) atoms. The maximum absolute atomic E-state index is 12.3. The van der Waals surface area contributed by atoms with Crippen LogP contribution in [0.2, 0.25) is 0 Å². The molecular weight excluding hydrogens is 372 g/mol. The number of hydrogen-bond acceptors (Lipinski definition) is 5. The van der Waals surface area contributed by atoms with Crippen molar-refractivity contribution in [1.82, 2.24) is 19.2 Å². The fourth-order valence-corrected chi connectivity index (χ4v) is 3.90.